The molecule has 1 N–H and O–H groups in total. The summed E-state index contributed by atoms with van der Waals surface area (Å²) < 4.78 is 28.6. The van der Waals surface area contributed by atoms with Crippen LogP contribution in [0.5, 0.6) is 0 Å². The van der Waals surface area contributed by atoms with Crippen molar-refractivity contribution < 1.29 is 8.78 Å². The van der Waals surface area contributed by atoms with Crippen LogP contribution in [-0.2, 0) is 0 Å². The Morgan fingerprint density at radius 2 is 1.96 bits per heavy atom. The maximum atomic E-state index is 14.3. The number of benzene rings is 2. The first-order chi connectivity index (χ1) is 12.5. The van der Waals surface area contributed by atoms with E-state index in [0.29, 0.717) is 27.8 Å². The number of hydrogen-bond acceptors (Lipinski definition) is 4. The second-order valence-electron chi connectivity index (χ2n) is 5.57. The highest BCUT2D eigenvalue weighted by Gasteiger charge is 2.22. The Morgan fingerprint density at radius 1 is 1.23 bits per heavy atom. The summed E-state index contributed by atoms with van der Waals surface area (Å²) in [5.41, 5.74) is 4.32. The molecule has 1 heterocycles. The number of fused-ring (bicyclic) bond motifs is 1. The van der Waals surface area contributed by atoms with Crippen LogP contribution in [0.2, 0.25) is 5.02 Å². The van der Waals surface area contributed by atoms with Crippen molar-refractivity contribution in [3.63, 3.8) is 0 Å². The zero-order valence-electron chi connectivity index (χ0n) is 13.7. The number of alkyl halides is 1. The Kier molecular flexibility index (Phi) is 5.64. The second-order valence-corrected chi connectivity index (χ2v) is 6.28. The highest BCUT2D eigenvalue weighted by molar-refractivity contribution is 6.31. The van der Waals surface area contributed by atoms with Crippen molar-refractivity contribution in [2.75, 3.05) is 12.4 Å². The molecule has 2 aromatic carbocycles. The van der Waals surface area contributed by atoms with Gasteiger partial charge in [0.25, 0.3) is 0 Å². The Balaban J connectivity index is 2.12. The molecule has 0 saturated heterocycles. The van der Waals surface area contributed by atoms with E-state index in [0.717, 1.165) is 0 Å². The number of amidine groups is 1. The maximum absolute atomic E-state index is 14.3. The Labute approximate surface area is 159 Å². The summed E-state index contributed by atoms with van der Waals surface area (Å²) in [5.74, 6) is -0.726. The normalized spacial score (nSPS) is 14.3. The third kappa shape index (κ3) is 3.92. The molecule has 0 fully saturated rings. The van der Waals surface area contributed by atoms with E-state index in [1.54, 1.807) is 25.1 Å². The number of aliphatic imine (C=N–C) groups is 2. The van der Waals surface area contributed by atoms with Gasteiger partial charge in [0, 0.05) is 16.3 Å². The van der Waals surface area contributed by atoms with Crippen LogP contribution in [-0.4, -0.2) is 29.7 Å². The zero-order valence-corrected chi connectivity index (χ0v) is 15.2. The molecule has 0 atom stereocenters. The fourth-order valence-electron chi connectivity index (χ4n) is 2.40. The number of nitrogens with zero attached hydrogens (tertiary/aromatic N) is 3. The molecule has 2 aromatic rings. The van der Waals surface area contributed by atoms with Crippen molar-refractivity contribution in [2.45, 2.75) is 6.92 Å². The summed E-state index contributed by atoms with van der Waals surface area (Å²) in [4.78, 5) is 8.82. The third-order valence-corrected chi connectivity index (χ3v) is 4.25. The zero-order chi connectivity index (χ0) is 18.7. The summed E-state index contributed by atoms with van der Waals surface area (Å²) in [6.07, 6.45) is 0. The van der Waals surface area contributed by atoms with E-state index in [9.17, 15) is 8.78 Å². The van der Waals surface area contributed by atoms with Gasteiger partial charge in [-0.15, -0.1) is 11.6 Å². The van der Waals surface area contributed by atoms with Gasteiger partial charge in [-0.1, -0.05) is 17.7 Å². The molecule has 8 heteroatoms. The average molecular weight is 395 g/mol. The molecule has 0 saturated carbocycles. The number of rotatable bonds is 3. The highest BCUT2D eigenvalue weighted by Crippen LogP contribution is 2.29. The minimum Gasteiger partial charge on any atom is -0.276 e. The summed E-state index contributed by atoms with van der Waals surface area (Å²) >= 11 is 11.8. The first-order valence-corrected chi connectivity index (χ1v) is 8.62. The molecule has 1 aliphatic heterocycles. The van der Waals surface area contributed by atoms with Crippen LogP contribution in [0.4, 0.5) is 14.5 Å². The van der Waals surface area contributed by atoms with Crippen LogP contribution in [0.1, 0.15) is 18.1 Å². The third-order valence-electron chi connectivity index (χ3n) is 3.62. The first-order valence-electron chi connectivity index (χ1n) is 7.71. The summed E-state index contributed by atoms with van der Waals surface area (Å²) in [5, 5.41) is 4.50. The molecule has 134 valence electrons. The fourth-order valence-corrected chi connectivity index (χ4v) is 2.64. The quantitative estimate of drug-likeness (QED) is 0.457. The molecule has 4 nitrogen and oxygen atoms in total. The molecule has 0 aliphatic carbocycles. The Bertz CT molecular complexity index is 919. The van der Waals surface area contributed by atoms with Gasteiger partial charge in [-0.25, -0.2) is 13.8 Å². The largest absolute Gasteiger partial charge is 0.276 e. The van der Waals surface area contributed by atoms with E-state index < -0.39 is 11.6 Å². The lowest BCUT2D eigenvalue weighted by Crippen LogP contribution is -2.22. The Hall–Kier alpha value is -2.31. The van der Waals surface area contributed by atoms with Crippen LogP contribution in [0, 0.1) is 11.6 Å². The number of hydrogen-bond donors (Lipinski definition) is 1. The predicted molar refractivity (Wildman–Crippen MR) is 102 cm³/mol. The van der Waals surface area contributed by atoms with Crippen LogP contribution >= 0.6 is 23.2 Å². The van der Waals surface area contributed by atoms with Gasteiger partial charge >= 0.3 is 0 Å². The average Bonchev–Trinajstić information content (AvgIpc) is 2.79. The monoisotopic (exact) mass is 394 g/mol. The van der Waals surface area contributed by atoms with Crippen molar-refractivity contribution in [1.82, 2.24) is 5.43 Å². The van der Waals surface area contributed by atoms with Gasteiger partial charge in [-0.2, -0.15) is 5.10 Å². The van der Waals surface area contributed by atoms with E-state index in [4.69, 9.17) is 23.2 Å². The van der Waals surface area contributed by atoms with Crippen molar-refractivity contribution in [3.8, 4) is 0 Å². The molecule has 0 radical (unpaired) electrons. The fraction of sp³-hybridized carbons (Fsp3) is 0.167. The van der Waals surface area contributed by atoms with Gasteiger partial charge < -0.3 is 0 Å². The molecular formula is C18H14Cl2F2N4. The molecular weight excluding hydrogens is 381 g/mol. The SMILES string of the molecule is C/C(CCl)=N\NC1=Nc2ccc(Cl)cc2C(c2c(F)cccc2F)=NC1. The van der Waals surface area contributed by atoms with Gasteiger partial charge in [0.1, 0.15) is 17.5 Å². The number of nitrogens with one attached hydrogen (secondary N) is 1. The van der Waals surface area contributed by atoms with Crippen molar-refractivity contribution in [3.05, 3.63) is 64.2 Å². The molecule has 0 bridgehead atoms. The minimum absolute atomic E-state index is 0.0640. The van der Waals surface area contributed by atoms with Crippen LogP contribution in [0.3, 0.4) is 0 Å². The van der Waals surface area contributed by atoms with Crippen LogP contribution in [0.15, 0.2) is 51.5 Å². The second kappa shape index (κ2) is 7.93. The molecule has 26 heavy (non-hydrogen) atoms. The van der Waals surface area contributed by atoms with E-state index in [1.165, 1.54) is 18.2 Å². The lowest BCUT2D eigenvalue weighted by molar-refractivity contribution is 0.579. The first kappa shape index (κ1) is 18.5. The smallest absolute Gasteiger partial charge is 0.144 e. The lowest BCUT2D eigenvalue weighted by Gasteiger charge is -2.10. The number of hydrazone groups is 1. The summed E-state index contributed by atoms with van der Waals surface area (Å²) in [6.45, 7) is 1.82. The van der Waals surface area contributed by atoms with Crippen molar-refractivity contribution >= 4 is 46.1 Å². The van der Waals surface area contributed by atoms with Crippen LogP contribution < -0.4 is 5.43 Å². The van der Waals surface area contributed by atoms with E-state index in [-0.39, 0.29) is 23.7 Å². The van der Waals surface area contributed by atoms with Crippen molar-refractivity contribution in [1.29, 1.82) is 0 Å². The topological polar surface area (TPSA) is 49.1 Å². The van der Waals surface area contributed by atoms with Gasteiger partial charge in [0.15, 0.2) is 0 Å². The lowest BCUT2D eigenvalue weighted by atomic mass is 9.99. The summed E-state index contributed by atoms with van der Waals surface area (Å²) in [7, 11) is 0. The highest BCUT2D eigenvalue weighted by atomic mass is 35.5. The molecule has 0 unspecified atom stereocenters. The van der Waals surface area contributed by atoms with Gasteiger partial charge in [0.05, 0.1) is 29.4 Å². The Morgan fingerprint density at radius 3 is 2.65 bits per heavy atom. The van der Waals surface area contributed by atoms with E-state index >= 15 is 0 Å². The predicted octanol–water partition coefficient (Wildman–Crippen LogP) is 4.70. The molecule has 0 aromatic heterocycles. The van der Waals surface area contributed by atoms with Gasteiger partial charge in [-0.05, 0) is 37.3 Å². The summed E-state index contributed by atoms with van der Waals surface area (Å²) in [6, 6.07) is 8.57. The standard InChI is InChI=1S/C18H14Cl2F2N4/c1-10(8-19)25-26-16-9-23-18(17-13(21)3-2-4-14(17)22)12-7-11(20)5-6-15(12)24-16/h2-7H,8-9H2,1H3,(H,24,26)/b25-10+. The van der Waals surface area contributed by atoms with Crippen LogP contribution in [0.25, 0.3) is 0 Å². The molecule has 3 rings (SSSR count). The van der Waals surface area contributed by atoms with Crippen molar-refractivity contribution in [2.24, 2.45) is 15.1 Å². The van der Waals surface area contributed by atoms with E-state index in [2.05, 4.69) is 20.5 Å². The minimum atomic E-state index is -0.706. The van der Waals surface area contributed by atoms with Gasteiger partial charge in [0.2, 0.25) is 0 Å². The van der Waals surface area contributed by atoms with Gasteiger partial charge in [-0.3, -0.25) is 10.4 Å². The maximum Gasteiger partial charge on any atom is 0.144 e. The molecule has 1 aliphatic rings. The molecule has 0 spiro atoms. The van der Waals surface area contributed by atoms with E-state index in [1.807, 2.05) is 0 Å². The molecule has 0 amide bonds. The number of halogens is 4.